The van der Waals surface area contributed by atoms with Gasteiger partial charge in [-0.3, -0.25) is 0 Å². The van der Waals surface area contributed by atoms with Crippen LogP contribution in [-0.4, -0.2) is 0 Å². The normalized spacial score (nSPS) is 15.5. The first kappa shape index (κ1) is 76.0. The summed E-state index contributed by atoms with van der Waals surface area (Å²) in [4.78, 5) is 17.7. The molecule has 0 aliphatic heterocycles. The molecule has 10 aromatic carbocycles. The number of rotatable bonds is 13. The lowest BCUT2D eigenvalue weighted by Crippen LogP contribution is -2.35. The number of furan rings is 5. The van der Waals surface area contributed by atoms with Crippen molar-refractivity contribution in [2.24, 2.45) is 58.4 Å². The Bertz CT molecular complexity index is 10400. The van der Waals surface area contributed by atoms with Crippen LogP contribution in [0.3, 0.4) is 0 Å². The van der Waals surface area contributed by atoms with E-state index in [1.807, 2.05) is 134 Å². The van der Waals surface area contributed by atoms with Crippen molar-refractivity contribution in [3.05, 3.63) is 351 Å². The van der Waals surface area contributed by atoms with E-state index < -0.39 is 68.3 Å². The maximum Gasteiger partial charge on any atom is 0.216 e. The molecule has 0 amide bonds. The minimum Gasteiger partial charge on any atom is -0.456 e. The summed E-state index contributed by atoms with van der Waals surface area (Å²) < 4.78 is 257. The van der Waals surface area contributed by atoms with Crippen molar-refractivity contribution in [2.45, 2.75) is 230 Å². The Morgan fingerprint density at radius 3 is 1.13 bits per heavy atom. The fraction of sp³-hybridized carbons (Fsp3) is 0.323. The Morgan fingerprint density at radius 2 is 0.689 bits per heavy atom. The van der Waals surface area contributed by atoms with Gasteiger partial charge in [0.15, 0.2) is 56.9 Å². The van der Waals surface area contributed by atoms with E-state index in [4.69, 9.17) is 86.5 Å². The van der Waals surface area contributed by atoms with Crippen LogP contribution in [0, 0.1) is 160 Å². The zero-order valence-corrected chi connectivity index (χ0v) is 89.3. The van der Waals surface area contributed by atoms with Crippen LogP contribution >= 0.6 is 0 Å². The number of fused-ring (bicyclic) bond motifs is 15. The van der Waals surface area contributed by atoms with Gasteiger partial charge >= 0.3 is 0 Å². The van der Waals surface area contributed by atoms with E-state index in [9.17, 15) is 2.74 Å². The minimum atomic E-state index is -2.48. The number of hydrogen-bond donors (Lipinski definition) is 0. The lowest BCUT2D eigenvalue weighted by atomic mass is 9.83. The SMILES string of the molecule is [2H]c1c(C([2H])([2H])C(C)(C)C)c([2H])c(-c2c(C)ccc3c2oc2cc([N+]#[C-])cc(C([2H])([2H])[2H])c23)[n+](C)c1C.[2H]c1c(C([2H])([2H])C(C)C)c([2H])c(-c2c(C)cc(C([2H])([2H])[2H])c3c2oc2cc([N+]#[C-])ccc23)[n+](C)c1C.[2H]c1c(C([2H])([2H])C(C)C)c([2H])c(-c2c(C)ccc3c2oc2c(C)c([N+]#[C-])ccc23)[n+](C)c1C.[2H]c1c(C([2H])([2H])C(C)C)c([2H])c(-c2c(C)ccc3c2oc2cc([N+]#[C-])c(C)cc23)[n+](C)c1C.[2H]c1c(C2([2H])CCCCC2)c([2H])c(-c2c(C)ccc3c2oc2c(C)c([N+]#[C-])ccc23)[n+](C)c1C. The van der Waals surface area contributed by atoms with Crippen molar-refractivity contribution in [2.75, 3.05) is 0 Å². The molecule has 15 heteroatoms. The Morgan fingerprint density at radius 1 is 0.331 bits per heavy atom. The Hall–Kier alpha value is -15.6. The molecular weight excluding hydrogens is 1820 g/mol. The summed E-state index contributed by atoms with van der Waals surface area (Å²) in [5.74, 6) is -2.19. The fourth-order valence-corrected chi connectivity index (χ4v) is 19.8. The average molecular weight is 1980 g/mol. The fourth-order valence-electron chi connectivity index (χ4n) is 19.8. The maximum absolute atomic E-state index is 9.29. The number of nitrogens with zero attached hydrogens (tertiary/aromatic N) is 10. The zero-order chi connectivity index (χ0) is 128. The predicted octanol–water partition coefficient (Wildman–Crippen LogP) is 35.0. The summed E-state index contributed by atoms with van der Waals surface area (Å²) in [5.41, 5.74) is 22.2. The van der Waals surface area contributed by atoms with E-state index >= 15 is 0 Å². The topological polar surface area (TPSA) is 107 Å². The molecule has 0 bridgehead atoms. The van der Waals surface area contributed by atoms with Gasteiger partial charge in [-0.25, -0.2) is 24.2 Å². The van der Waals surface area contributed by atoms with Crippen LogP contribution < -0.4 is 22.8 Å². The number of hydrogen-bond acceptors (Lipinski definition) is 5. The van der Waals surface area contributed by atoms with Crippen LogP contribution in [0.1, 0.15) is 247 Å². The zero-order valence-electron chi connectivity index (χ0n) is 114. The summed E-state index contributed by atoms with van der Waals surface area (Å²) >= 11 is 0. The molecule has 148 heavy (non-hydrogen) atoms. The second-order valence-corrected chi connectivity index (χ2v) is 40.8. The summed E-state index contributed by atoms with van der Waals surface area (Å²) in [6.07, 6.45) is -3.20. The van der Waals surface area contributed by atoms with E-state index in [-0.39, 0.29) is 105 Å². The van der Waals surface area contributed by atoms with Gasteiger partial charge in [-0.2, -0.15) is 22.8 Å². The van der Waals surface area contributed by atoms with Gasteiger partial charge in [0.25, 0.3) is 0 Å². The number of aromatic nitrogens is 5. The standard InChI is InChI=1S/C28H29N2O.C27H29N2O.3C26H27N2O/c1-17-11-12-23-22-13-14-24(29-4)19(3)27(22)31-28(23)26(17)25-16-21(15-18(2)30(25)5)20-9-7-6-8-10-20;1-16-9-10-21-24-17(2)11-20(28-7)14-23(24)30-26(21)25(16)22-13-19(15-27(4,5)6)12-18(3)29(22)8;1-15(2)10-19-12-18(5)28(7)22(13-19)25-17(4)11-16(3)24-21-9-8-20(27-6)14-23(21)29-26(24)25;1-15(2)10-19-12-18(5)28(7)23(13-19)25-16(3)8-9-20-21-11-17(4)22(27-6)14-24(21)29-26(20)25;1-15(2)12-19-13-17(4)28(7)23(14-19)24-16(3)8-9-21-20-10-11-22(27-6)18(5)25(20)29-26(21)24/h11-16,20H,6-10H2,1-3,5H3;9-14H,15H2,1-6,8H3;2*8-9,11-15H,10H2,1-5,7H3;8-11,13-15H,12H2,1-5,7H3/q5*+1/i15D,16D,20D;2D3,12D,13D,15D2;3D3,10D2,12D,13D;10D2,12D,13D;12D2,13D,14D. The molecule has 0 atom stereocenters. The quantitative estimate of drug-likeness (QED) is 0.0844. The Balaban J connectivity index is 0.000000143. The number of pyridine rings is 5. The molecule has 10 heterocycles. The van der Waals surface area contributed by atoms with Crippen molar-refractivity contribution in [3.8, 4) is 56.3 Å². The molecule has 0 N–H and O–H groups in total. The Kier molecular flexibility index (Phi) is 21.4. The van der Waals surface area contributed by atoms with Crippen molar-refractivity contribution >= 4 is 138 Å². The minimum absolute atomic E-state index is 0.000818. The molecule has 20 aromatic rings. The van der Waals surface area contributed by atoms with Crippen LogP contribution in [-0.2, 0) is 60.7 Å². The van der Waals surface area contributed by atoms with Crippen molar-refractivity contribution in [1.29, 1.82) is 0 Å². The van der Waals surface area contributed by atoms with Gasteiger partial charge in [-0.05, 0) is 238 Å². The van der Waals surface area contributed by atoms with Crippen molar-refractivity contribution in [3.63, 3.8) is 0 Å². The molecule has 0 unspecified atom stereocenters. The molecule has 1 aliphatic carbocycles. The molecule has 15 nitrogen and oxygen atoms in total. The monoisotopic (exact) mass is 1980 g/mol. The van der Waals surface area contributed by atoms with Gasteiger partial charge in [-0.1, -0.05) is 185 Å². The van der Waals surface area contributed by atoms with E-state index in [1.54, 1.807) is 186 Å². The highest BCUT2D eigenvalue weighted by molar-refractivity contribution is 6.16. The Labute approximate surface area is 908 Å². The largest absolute Gasteiger partial charge is 0.456 e. The van der Waals surface area contributed by atoms with Gasteiger partial charge in [0.2, 0.25) is 28.5 Å². The maximum atomic E-state index is 9.29. The molecule has 746 valence electrons. The molecule has 10 aromatic heterocycles. The first-order chi connectivity index (χ1) is 80.6. The second-order valence-electron chi connectivity index (χ2n) is 40.8. The lowest BCUT2D eigenvalue weighted by molar-refractivity contribution is -0.666. The molecule has 1 aliphatic rings. The molecule has 1 saturated carbocycles. The third kappa shape index (κ3) is 20.0. The van der Waals surface area contributed by atoms with Gasteiger partial charge in [0.05, 0.1) is 74.4 Å². The van der Waals surface area contributed by atoms with Gasteiger partial charge in [0.1, 0.15) is 91.1 Å². The smallest absolute Gasteiger partial charge is 0.216 e. The molecule has 21 rings (SSSR count). The average Bonchev–Trinajstić information content (AvgIpc) is 1.67. The van der Waals surface area contributed by atoms with Crippen LogP contribution in [0.4, 0.5) is 28.4 Å². The summed E-state index contributed by atoms with van der Waals surface area (Å²) in [5, 5.41) is 7.30. The van der Waals surface area contributed by atoms with E-state index in [0.717, 1.165) is 102 Å². The third-order valence-electron chi connectivity index (χ3n) is 27.9. The van der Waals surface area contributed by atoms with E-state index in [2.05, 4.69) is 24.2 Å². The van der Waals surface area contributed by atoms with Gasteiger partial charge < -0.3 is 22.1 Å². The molecule has 0 radical (unpaired) electrons. The van der Waals surface area contributed by atoms with Crippen LogP contribution in [0.15, 0.2) is 204 Å². The molecule has 0 spiro atoms. The summed E-state index contributed by atoms with van der Waals surface area (Å²) in [6.45, 7) is 71.9. The van der Waals surface area contributed by atoms with Crippen LogP contribution in [0.2, 0.25) is 0 Å². The lowest BCUT2D eigenvalue weighted by Gasteiger charge is -2.22. The van der Waals surface area contributed by atoms with Crippen molar-refractivity contribution in [1.82, 2.24) is 0 Å². The highest BCUT2D eigenvalue weighted by Gasteiger charge is 2.33. The highest BCUT2D eigenvalue weighted by atomic mass is 16.3. The third-order valence-corrected chi connectivity index (χ3v) is 27.9. The molecule has 1 fully saturated rings. The van der Waals surface area contributed by atoms with Crippen LogP contribution in [0.25, 0.3) is 190 Å². The van der Waals surface area contributed by atoms with Crippen LogP contribution in [0.5, 0.6) is 0 Å². The second kappa shape index (κ2) is 41.7. The highest BCUT2D eigenvalue weighted by Crippen LogP contribution is 2.49. The summed E-state index contributed by atoms with van der Waals surface area (Å²) in [7, 11) is 8.93. The first-order valence-electron chi connectivity index (χ1n) is 62.4. The molecular formula is C133H139N10O5+5. The number of aryl methyl sites for hydroxylation is 10. The van der Waals surface area contributed by atoms with E-state index in [0.29, 0.717) is 192 Å². The van der Waals surface area contributed by atoms with Gasteiger partial charge in [0, 0.05) is 169 Å². The van der Waals surface area contributed by atoms with Gasteiger partial charge in [-0.15, -0.1) is 0 Å². The van der Waals surface area contributed by atoms with E-state index in [1.165, 1.54) is 12.1 Å². The number of benzene rings is 10. The summed E-state index contributed by atoms with van der Waals surface area (Å²) in [6, 6.07) is 36.4. The molecule has 0 saturated heterocycles. The first-order valence-corrected chi connectivity index (χ1v) is 49.9. The van der Waals surface area contributed by atoms with Crippen molar-refractivity contribution < 1.29 is 79.2 Å². The predicted molar refractivity (Wildman–Crippen MR) is 609 cm³/mol.